The van der Waals surface area contributed by atoms with Crippen LogP contribution in [0.15, 0.2) is 158 Å². The molecule has 0 unspecified atom stereocenters. The van der Waals surface area contributed by atoms with Gasteiger partial charge in [0.25, 0.3) is 0 Å². The van der Waals surface area contributed by atoms with Gasteiger partial charge >= 0.3 is 0 Å². The fraction of sp³-hybridized carbons (Fsp3) is 0. The number of aromatic nitrogens is 4. The molecule has 0 N–H and O–H groups in total. The van der Waals surface area contributed by atoms with Gasteiger partial charge in [0.2, 0.25) is 5.95 Å². The van der Waals surface area contributed by atoms with Crippen molar-refractivity contribution in [1.82, 2.24) is 19.1 Å². The minimum atomic E-state index is 0.0160. The topological polar surface area (TPSA) is 52.7 Å². The van der Waals surface area contributed by atoms with Gasteiger partial charge in [0.05, 0.1) is 33.3 Å². The summed E-state index contributed by atoms with van der Waals surface area (Å²) in [5.74, 6) is 0.602. The predicted octanol–water partition coefficient (Wildman–Crippen LogP) is 10.7. The van der Waals surface area contributed by atoms with Crippen molar-refractivity contribution in [3.63, 3.8) is 0 Å². The largest absolute Gasteiger partial charge is 0.309 e. The number of carbonyl (C=O) groups is 1. The molecule has 7 aromatic carbocycles. The van der Waals surface area contributed by atoms with Crippen LogP contribution in [0.1, 0.15) is 15.9 Å². The molecule has 3 heterocycles. The summed E-state index contributed by atoms with van der Waals surface area (Å²) in [6.45, 7) is 0. The highest BCUT2D eigenvalue weighted by molar-refractivity contribution is 6.25. The van der Waals surface area contributed by atoms with Gasteiger partial charge in [0, 0.05) is 49.3 Å². The molecular weight excluding hydrogens is 613 g/mol. The number of hydrogen-bond acceptors (Lipinski definition) is 3. The van der Waals surface area contributed by atoms with Gasteiger partial charge in [-0.1, -0.05) is 103 Å². The lowest BCUT2D eigenvalue weighted by atomic mass is 9.87. The van der Waals surface area contributed by atoms with Crippen molar-refractivity contribution < 1.29 is 4.79 Å². The van der Waals surface area contributed by atoms with E-state index in [1.807, 2.05) is 42.5 Å². The maximum atomic E-state index is 13.4. The van der Waals surface area contributed by atoms with Gasteiger partial charge in [-0.15, -0.1) is 0 Å². The summed E-state index contributed by atoms with van der Waals surface area (Å²) in [6.07, 6.45) is 0. The summed E-state index contributed by atoms with van der Waals surface area (Å²) >= 11 is 0. The molecule has 5 nitrogen and oxygen atoms in total. The number of rotatable bonds is 3. The molecule has 232 valence electrons. The van der Waals surface area contributed by atoms with E-state index in [4.69, 9.17) is 9.97 Å². The van der Waals surface area contributed by atoms with Gasteiger partial charge in [-0.25, -0.2) is 9.97 Å². The molecule has 3 aromatic heterocycles. The number of benzene rings is 7. The van der Waals surface area contributed by atoms with E-state index in [-0.39, 0.29) is 5.78 Å². The third kappa shape index (κ3) is 3.69. The molecule has 5 heteroatoms. The second-order valence-electron chi connectivity index (χ2n) is 13.0. The van der Waals surface area contributed by atoms with E-state index >= 15 is 0 Å². The third-order valence-corrected chi connectivity index (χ3v) is 10.3. The minimum Gasteiger partial charge on any atom is -0.309 e. The van der Waals surface area contributed by atoms with Crippen molar-refractivity contribution in [2.45, 2.75) is 0 Å². The summed E-state index contributed by atoms with van der Waals surface area (Å²) in [7, 11) is 0. The fourth-order valence-electron chi connectivity index (χ4n) is 8.06. The molecule has 0 radical (unpaired) electrons. The Kier molecular flexibility index (Phi) is 5.47. The normalized spacial score (nSPS) is 12.4. The second-order valence-corrected chi connectivity index (χ2v) is 13.0. The molecule has 0 atom stereocenters. The van der Waals surface area contributed by atoms with Crippen molar-refractivity contribution in [2.75, 3.05) is 0 Å². The van der Waals surface area contributed by atoms with Crippen molar-refractivity contribution in [3.8, 4) is 34.0 Å². The Labute approximate surface area is 286 Å². The van der Waals surface area contributed by atoms with E-state index in [2.05, 4.69) is 124 Å². The first-order valence-electron chi connectivity index (χ1n) is 16.8. The van der Waals surface area contributed by atoms with Gasteiger partial charge in [-0.3, -0.25) is 9.36 Å². The number of ketones is 1. The van der Waals surface area contributed by atoms with E-state index in [0.717, 1.165) is 60.8 Å². The van der Waals surface area contributed by atoms with Crippen LogP contribution >= 0.6 is 0 Å². The SMILES string of the molecule is O=C1c2ccccc2-c2nc(-n3c4ccccc4c4cc(-c5ccc6c(c5)c5ccccc5n6-c5ccccc5)ccc43)nc3cccc1c23. The third-order valence-electron chi connectivity index (χ3n) is 10.3. The molecule has 0 aliphatic heterocycles. The van der Waals surface area contributed by atoms with E-state index in [9.17, 15) is 4.79 Å². The summed E-state index contributed by atoms with van der Waals surface area (Å²) < 4.78 is 4.51. The van der Waals surface area contributed by atoms with Crippen LogP contribution in [0.4, 0.5) is 0 Å². The lowest BCUT2D eigenvalue weighted by Gasteiger charge is -2.19. The molecule has 11 rings (SSSR count). The van der Waals surface area contributed by atoms with E-state index in [1.54, 1.807) is 0 Å². The zero-order valence-electron chi connectivity index (χ0n) is 26.7. The number of nitrogens with zero attached hydrogens (tertiary/aromatic N) is 4. The zero-order valence-corrected chi connectivity index (χ0v) is 26.7. The Morgan fingerprint density at radius 3 is 1.70 bits per heavy atom. The molecule has 0 spiro atoms. The van der Waals surface area contributed by atoms with Crippen LogP contribution in [0.5, 0.6) is 0 Å². The average molecular weight is 639 g/mol. The van der Waals surface area contributed by atoms with E-state index < -0.39 is 0 Å². The molecule has 0 bridgehead atoms. The first-order chi connectivity index (χ1) is 24.7. The maximum Gasteiger partial charge on any atom is 0.235 e. The second kappa shape index (κ2) is 10.1. The summed E-state index contributed by atoms with van der Waals surface area (Å²) in [5.41, 5.74) is 11.6. The highest BCUT2D eigenvalue weighted by atomic mass is 16.1. The standard InChI is InChI=1S/C45H26N4O/c50-44-33-16-5-4-15-32(33)43-42-34(44)17-10-18-37(42)46-45(47-43)49-39-20-9-7-14-31(39)36-26-28(22-24-41(36)49)27-21-23-40-35(25-27)30-13-6-8-19-38(30)48(40)29-11-2-1-3-12-29/h1-26H. The maximum absolute atomic E-state index is 13.4. The Hall–Kier alpha value is -6.85. The van der Waals surface area contributed by atoms with Crippen molar-refractivity contribution in [2.24, 2.45) is 0 Å². The molecule has 10 aromatic rings. The van der Waals surface area contributed by atoms with Gasteiger partial charge in [0.1, 0.15) is 0 Å². The fourth-order valence-corrected chi connectivity index (χ4v) is 8.06. The van der Waals surface area contributed by atoms with Crippen LogP contribution in [-0.4, -0.2) is 24.9 Å². The number of para-hydroxylation sites is 3. The quantitative estimate of drug-likeness (QED) is 0.193. The van der Waals surface area contributed by atoms with Gasteiger partial charge < -0.3 is 4.57 Å². The van der Waals surface area contributed by atoms with Crippen LogP contribution in [0.25, 0.3) is 88.5 Å². The van der Waals surface area contributed by atoms with Crippen molar-refractivity contribution >= 4 is 60.3 Å². The number of fused-ring (bicyclic) bond motifs is 8. The lowest BCUT2D eigenvalue weighted by Crippen LogP contribution is -2.13. The molecule has 1 aliphatic carbocycles. The molecule has 0 amide bonds. The Balaban J connectivity index is 1.13. The first-order valence-corrected chi connectivity index (χ1v) is 16.8. The minimum absolute atomic E-state index is 0.0160. The first kappa shape index (κ1) is 27.1. The highest BCUT2D eigenvalue weighted by Crippen LogP contribution is 2.41. The Morgan fingerprint density at radius 2 is 0.980 bits per heavy atom. The lowest BCUT2D eigenvalue weighted by molar-refractivity contribution is 0.104. The molecule has 0 saturated carbocycles. The van der Waals surface area contributed by atoms with Crippen LogP contribution in [-0.2, 0) is 0 Å². The van der Waals surface area contributed by atoms with E-state index in [0.29, 0.717) is 17.1 Å². The smallest absolute Gasteiger partial charge is 0.235 e. The summed E-state index contributed by atoms with van der Waals surface area (Å²) in [4.78, 5) is 23.8. The molecule has 0 fully saturated rings. The van der Waals surface area contributed by atoms with Gasteiger partial charge in [0.15, 0.2) is 5.78 Å². The average Bonchev–Trinajstić information content (AvgIpc) is 3.69. The number of carbonyl (C=O) groups excluding carboxylic acids is 1. The monoisotopic (exact) mass is 638 g/mol. The molecule has 0 saturated heterocycles. The van der Waals surface area contributed by atoms with Crippen molar-refractivity contribution in [3.05, 3.63) is 169 Å². The van der Waals surface area contributed by atoms with Gasteiger partial charge in [-0.05, 0) is 65.7 Å². The molecular formula is C45H26N4O. The Bertz CT molecular complexity index is 3060. The van der Waals surface area contributed by atoms with Crippen molar-refractivity contribution in [1.29, 1.82) is 0 Å². The summed E-state index contributed by atoms with van der Waals surface area (Å²) in [5, 5.41) is 5.53. The summed E-state index contributed by atoms with van der Waals surface area (Å²) in [6, 6.07) is 54.7. The van der Waals surface area contributed by atoms with Crippen LogP contribution < -0.4 is 0 Å². The highest BCUT2D eigenvalue weighted by Gasteiger charge is 2.28. The van der Waals surface area contributed by atoms with Gasteiger partial charge in [-0.2, -0.15) is 0 Å². The van der Waals surface area contributed by atoms with Crippen LogP contribution in [0.3, 0.4) is 0 Å². The molecule has 1 aliphatic rings. The van der Waals surface area contributed by atoms with Crippen LogP contribution in [0, 0.1) is 0 Å². The molecule has 50 heavy (non-hydrogen) atoms. The Morgan fingerprint density at radius 1 is 0.420 bits per heavy atom. The van der Waals surface area contributed by atoms with E-state index in [1.165, 1.54) is 21.8 Å². The number of hydrogen-bond donors (Lipinski definition) is 0. The zero-order chi connectivity index (χ0) is 32.9. The predicted molar refractivity (Wildman–Crippen MR) is 203 cm³/mol. The van der Waals surface area contributed by atoms with Crippen LogP contribution in [0.2, 0.25) is 0 Å².